The number of nitrogens with one attached hydrogen (secondary N) is 2. The summed E-state index contributed by atoms with van der Waals surface area (Å²) in [6, 6.07) is 21.8. The van der Waals surface area contributed by atoms with Crippen LogP contribution in [0.15, 0.2) is 77.9 Å². The van der Waals surface area contributed by atoms with Crippen LogP contribution in [0.5, 0.6) is 17.4 Å². The molecular formula is C24H29IN4O2. The second kappa shape index (κ2) is 12.8. The highest BCUT2D eigenvalue weighted by Gasteiger charge is 2.08. The van der Waals surface area contributed by atoms with E-state index in [0.717, 1.165) is 11.5 Å². The fourth-order valence-corrected chi connectivity index (χ4v) is 2.91. The van der Waals surface area contributed by atoms with Gasteiger partial charge in [-0.05, 0) is 37.1 Å². The van der Waals surface area contributed by atoms with Crippen molar-refractivity contribution in [1.82, 2.24) is 15.6 Å². The summed E-state index contributed by atoms with van der Waals surface area (Å²) < 4.78 is 11.5. The first-order valence-corrected chi connectivity index (χ1v) is 10.1. The molecule has 1 atom stereocenters. The number of guanidine groups is 1. The molecule has 0 amide bonds. The molecule has 6 nitrogen and oxygen atoms in total. The van der Waals surface area contributed by atoms with Crippen LogP contribution in [0.3, 0.4) is 0 Å². The van der Waals surface area contributed by atoms with E-state index in [2.05, 4.69) is 39.7 Å². The zero-order valence-electron chi connectivity index (χ0n) is 18.0. The van der Waals surface area contributed by atoms with Crippen molar-refractivity contribution in [2.75, 3.05) is 13.7 Å². The van der Waals surface area contributed by atoms with Gasteiger partial charge in [-0.2, -0.15) is 0 Å². The largest absolute Gasteiger partial charge is 0.490 e. The van der Waals surface area contributed by atoms with E-state index in [4.69, 9.17) is 9.47 Å². The van der Waals surface area contributed by atoms with Gasteiger partial charge in [0.05, 0.1) is 12.6 Å². The molecule has 0 aliphatic rings. The molecular weight excluding hydrogens is 503 g/mol. The van der Waals surface area contributed by atoms with Gasteiger partial charge in [-0.3, -0.25) is 4.99 Å². The third-order valence-electron chi connectivity index (χ3n) is 4.50. The SMILES string of the molecule is CCOc1ccccc1Oc1ccc(CNC(=NC)NC(C)c2ccccc2)cn1.I. The third-order valence-corrected chi connectivity index (χ3v) is 4.50. The number of benzene rings is 2. The van der Waals surface area contributed by atoms with Crippen molar-refractivity contribution in [3.8, 4) is 17.4 Å². The lowest BCUT2D eigenvalue weighted by Crippen LogP contribution is -2.38. The van der Waals surface area contributed by atoms with E-state index in [1.54, 1.807) is 13.2 Å². The van der Waals surface area contributed by atoms with E-state index in [1.165, 1.54) is 5.56 Å². The first-order chi connectivity index (χ1) is 14.7. The Kier molecular flexibility index (Phi) is 10.1. The Morgan fingerprint density at radius 3 is 2.35 bits per heavy atom. The van der Waals surface area contributed by atoms with Crippen LogP contribution in [0, 0.1) is 0 Å². The number of aliphatic imine (C=N–C) groups is 1. The van der Waals surface area contributed by atoms with Gasteiger partial charge < -0.3 is 20.1 Å². The van der Waals surface area contributed by atoms with Crippen LogP contribution in [0.2, 0.25) is 0 Å². The molecule has 1 aromatic heterocycles. The molecule has 2 N–H and O–H groups in total. The molecule has 1 heterocycles. The molecule has 1 unspecified atom stereocenters. The van der Waals surface area contributed by atoms with Crippen LogP contribution < -0.4 is 20.1 Å². The second-order valence-corrected chi connectivity index (χ2v) is 6.69. The van der Waals surface area contributed by atoms with Gasteiger partial charge in [0.1, 0.15) is 0 Å². The number of hydrogen-bond donors (Lipinski definition) is 2. The minimum Gasteiger partial charge on any atom is -0.490 e. The van der Waals surface area contributed by atoms with Crippen molar-refractivity contribution in [2.45, 2.75) is 26.4 Å². The van der Waals surface area contributed by atoms with Crippen molar-refractivity contribution in [3.63, 3.8) is 0 Å². The summed E-state index contributed by atoms with van der Waals surface area (Å²) in [5.41, 5.74) is 2.23. The first-order valence-electron chi connectivity index (χ1n) is 10.1. The standard InChI is InChI=1S/C24H28N4O2.HI/c1-4-29-21-12-8-9-13-22(21)30-23-15-14-19(16-26-23)17-27-24(25-3)28-18(2)20-10-6-5-7-11-20;/h5-16,18H,4,17H2,1-3H3,(H2,25,27,28);1H. The maximum atomic E-state index is 5.87. The zero-order chi connectivity index (χ0) is 21.2. The molecule has 0 spiro atoms. The Hall–Kier alpha value is -2.81. The summed E-state index contributed by atoms with van der Waals surface area (Å²) in [5.74, 6) is 2.61. The molecule has 0 bridgehead atoms. The molecule has 2 aromatic carbocycles. The van der Waals surface area contributed by atoms with Gasteiger partial charge in [0.2, 0.25) is 5.88 Å². The number of nitrogens with zero attached hydrogens (tertiary/aromatic N) is 2. The van der Waals surface area contributed by atoms with E-state index in [-0.39, 0.29) is 30.0 Å². The fourth-order valence-electron chi connectivity index (χ4n) is 2.91. The molecule has 0 fully saturated rings. The maximum Gasteiger partial charge on any atom is 0.219 e. The normalized spacial score (nSPS) is 11.8. The van der Waals surface area contributed by atoms with Gasteiger partial charge in [-0.25, -0.2) is 4.98 Å². The van der Waals surface area contributed by atoms with Crippen LogP contribution >= 0.6 is 24.0 Å². The number of pyridine rings is 1. The molecule has 0 aliphatic heterocycles. The van der Waals surface area contributed by atoms with Crippen LogP contribution in [0.1, 0.15) is 31.0 Å². The summed E-state index contributed by atoms with van der Waals surface area (Å²) in [7, 11) is 1.76. The van der Waals surface area contributed by atoms with Crippen molar-refractivity contribution in [2.24, 2.45) is 4.99 Å². The van der Waals surface area contributed by atoms with Gasteiger partial charge in [0.25, 0.3) is 0 Å². The molecule has 0 radical (unpaired) electrons. The second-order valence-electron chi connectivity index (χ2n) is 6.69. The number of aromatic nitrogens is 1. The van der Waals surface area contributed by atoms with E-state index in [0.29, 0.717) is 30.5 Å². The van der Waals surface area contributed by atoms with Gasteiger partial charge in [-0.15, -0.1) is 24.0 Å². The van der Waals surface area contributed by atoms with Crippen LogP contribution in [-0.4, -0.2) is 24.6 Å². The first kappa shape index (κ1) is 24.5. The van der Waals surface area contributed by atoms with Crippen LogP contribution in [0.25, 0.3) is 0 Å². The minimum absolute atomic E-state index is 0. The summed E-state index contributed by atoms with van der Waals surface area (Å²) in [6.07, 6.45) is 1.79. The molecule has 0 aliphatic carbocycles. The van der Waals surface area contributed by atoms with Crippen molar-refractivity contribution in [1.29, 1.82) is 0 Å². The fraction of sp³-hybridized carbons (Fsp3) is 0.250. The molecule has 7 heteroatoms. The number of ether oxygens (including phenoxy) is 2. The quantitative estimate of drug-likeness (QED) is 0.234. The van der Waals surface area contributed by atoms with Crippen molar-refractivity contribution < 1.29 is 9.47 Å². The van der Waals surface area contributed by atoms with Crippen molar-refractivity contribution >= 4 is 29.9 Å². The lowest BCUT2D eigenvalue weighted by atomic mass is 10.1. The summed E-state index contributed by atoms with van der Waals surface area (Å²) in [6.45, 7) is 5.23. The molecule has 0 saturated carbocycles. The lowest BCUT2D eigenvalue weighted by molar-refractivity contribution is 0.319. The average molecular weight is 532 g/mol. The number of para-hydroxylation sites is 2. The highest BCUT2D eigenvalue weighted by atomic mass is 127. The molecule has 164 valence electrons. The van der Waals surface area contributed by atoms with Gasteiger partial charge in [0, 0.05) is 25.9 Å². The Morgan fingerprint density at radius 2 is 1.71 bits per heavy atom. The Bertz CT molecular complexity index is 949. The van der Waals surface area contributed by atoms with E-state index in [1.807, 2.05) is 61.5 Å². The summed E-state index contributed by atoms with van der Waals surface area (Å²) >= 11 is 0. The molecule has 3 rings (SSSR count). The number of halogens is 1. The Morgan fingerprint density at radius 1 is 1.00 bits per heavy atom. The molecule has 3 aromatic rings. The predicted octanol–water partition coefficient (Wildman–Crippen LogP) is 5.32. The van der Waals surface area contributed by atoms with E-state index >= 15 is 0 Å². The topological polar surface area (TPSA) is 67.8 Å². The molecule has 0 saturated heterocycles. The van der Waals surface area contributed by atoms with Crippen molar-refractivity contribution in [3.05, 3.63) is 84.1 Å². The Labute approximate surface area is 201 Å². The Balaban J connectivity index is 0.00000341. The number of rotatable bonds is 8. The molecule has 31 heavy (non-hydrogen) atoms. The monoisotopic (exact) mass is 532 g/mol. The smallest absolute Gasteiger partial charge is 0.219 e. The van der Waals surface area contributed by atoms with Gasteiger partial charge in [0.15, 0.2) is 17.5 Å². The van der Waals surface area contributed by atoms with E-state index < -0.39 is 0 Å². The predicted molar refractivity (Wildman–Crippen MR) is 136 cm³/mol. The summed E-state index contributed by atoms with van der Waals surface area (Å²) in [5, 5.41) is 6.71. The third kappa shape index (κ3) is 7.43. The highest BCUT2D eigenvalue weighted by Crippen LogP contribution is 2.30. The average Bonchev–Trinajstić information content (AvgIpc) is 2.79. The van der Waals surface area contributed by atoms with Gasteiger partial charge in [-0.1, -0.05) is 48.5 Å². The van der Waals surface area contributed by atoms with E-state index in [9.17, 15) is 0 Å². The van der Waals surface area contributed by atoms with Crippen LogP contribution in [0.4, 0.5) is 0 Å². The summed E-state index contributed by atoms with van der Waals surface area (Å²) in [4.78, 5) is 8.71. The van der Waals surface area contributed by atoms with Crippen LogP contribution in [-0.2, 0) is 6.54 Å². The zero-order valence-corrected chi connectivity index (χ0v) is 20.4. The minimum atomic E-state index is 0. The lowest BCUT2D eigenvalue weighted by Gasteiger charge is -2.18. The maximum absolute atomic E-state index is 5.87. The van der Waals surface area contributed by atoms with Gasteiger partial charge >= 0.3 is 0 Å². The number of hydrogen-bond acceptors (Lipinski definition) is 4. The highest BCUT2D eigenvalue weighted by molar-refractivity contribution is 14.0.